The Morgan fingerprint density at radius 2 is 2.50 bits per heavy atom. The molecule has 0 amide bonds. The highest BCUT2D eigenvalue weighted by molar-refractivity contribution is 4.97. The molecule has 6 nitrogen and oxygen atoms in total. The zero-order valence-electron chi connectivity index (χ0n) is 10.8. The zero-order chi connectivity index (χ0) is 12.8. The van der Waals surface area contributed by atoms with Crippen LogP contribution in [0.4, 0.5) is 0 Å². The van der Waals surface area contributed by atoms with Crippen LogP contribution in [0.15, 0.2) is 12.4 Å². The van der Waals surface area contributed by atoms with Crippen LogP contribution in [-0.2, 0) is 22.4 Å². The summed E-state index contributed by atoms with van der Waals surface area (Å²) in [5.41, 5.74) is 2.82. The largest absolute Gasteiger partial charge is 0.376 e. The van der Waals surface area contributed by atoms with Gasteiger partial charge in [0.1, 0.15) is 5.82 Å². The van der Waals surface area contributed by atoms with E-state index in [0.717, 1.165) is 25.2 Å². The molecule has 2 heterocycles. The molecule has 1 saturated heterocycles. The number of aromatic nitrogens is 2. The molecule has 102 valence electrons. The third-order valence-corrected chi connectivity index (χ3v) is 3.17. The maximum Gasteiger partial charge on any atom is 0.110 e. The summed E-state index contributed by atoms with van der Waals surface area (Å²) >= 11 is 0. The first-order valence-corrected chi connectivity index (χ1v) is 6.50. The van der Waals surface area contributed by atoms with Crippen molar-refractivity contribution in [2.45, 2.75) is 38.5 Å². The highest BCUT2D eigenvalue weighted by Gasteiger charge is 2.25. The fraction of sp³-hybridized carbons (Fsp3) is 0.750. The molecule has 0 aromatic carbocycles. The van der Waals surface area contributed by atoms with E-state index in [2.05, 4.69) is 21.9 Å². The lowest BCUT2D eigenvalue weighted by Gasteiger charge is -2.29. The van der Waals surface area contributed by atoms with E-state index < -0.39 is 0 Å². The van der Waals surface area contributed by atoms with E-state index in [1.165, 1.54) is 0 Å². The number of hydrogen-bond donors (Lipinski definition) is 2. The zero-order valence-corrected chi connectivity index (χ0v) is 10.8. The molecule has 1 aromatic heterocycles. The maximum absolute atomic E-state index is 5.68. The van der Waals surface area contributed by atoms with Crippen molar-refractivity contribution in [2.24, 2.45) is 5.84 Å². The molecule has 0 radical (unpaired) electrons. The molecule has 0 saturated carbocycles. The van der Waals surface area contributed by atoms with Gasteiger partial charge in [0, 0.05) is 25.4 Å². The first-order chi connectivity index (χ1) is 8.85. The number of ether oxygens (including phenoxy) is 2. The summed E-state index contributed by atoms with van der Waals surface area (Å²) in [5, 5.41) is 0. The van der Waals surface area contributed by atoms with Crippen LogP contribution >= 0.6 is 0 Å². The third-order valence-electron chi connectivity index (χ3n) is 3.17. The highest BCUT2D eigenvalue weighted by Crippen LogP contribution is 2.11. The Labute approximate surface area is 107 Å². The number of hydrogen-bond acceptors (Lipinski definition) is 5. The summed E-state index contributed by atoms with van der Waals surface area (Å²) < 4.78 is 13.2. The third kappa shape index (κ3) is 3.29. The van der Waals surface area contributed by atoms with E-state index in [0.29, 0.717) is 19.8 Å². The van der Waals surface area contributed by atoms with Gasteiger partial charge < -0.3 is 14.0 Å². The Kier molecular flexibility index (Phi) is 5.12. The van der Waals surface area contributed by atoms with Gasteiger partial charge in [-0.15, -0.1) is 0 Å². The minimum atomic E-state index is -0.00414. The topological polar surface area (TPSA) is 74.3 Å². The molecule has 2 atom stereocenters. The summed E-state index contributed by atoms with van der Waals surface area (Å²) in [7, 11) is 0. The molecule has 1 aliphatic heterocycles. The Balaban J connectivity index is 1.98. The average molecular weight is 254 g/mol. The number of hydrazine groups is 1. The molecule has 6 heteroatoms. The summed E-state index contributed by atoms with van der Waals surface area (Å²) in [6.45, 7) is 5.02. The fourth-order valence-corrected chi connectivity index (χ4v) is 2.21. The second-order valence-corrected chi connectivity index (χ2v) is 4.50. The van der Waals surface area contributed by atoms with E-state index in [-0.39, 0.29) is 12.1 Å². The van der Waals surface area contributed by atoms with Crippen LogP contribution in [0.25, 0.3) is 0 Å². The first kappa shape index (κ1) is 13.5. The number of rotatable bonds is 6. The molecular weight excluding hydrogens is 232 g/mol. The number of aryl methyl sites for hydroxylation is 1. The second kappa shape index (κ2) is 6.84. The van der Waals surface area contributed by atoms with Gasteiger partial charge in [-0.2, -0.15) is 0 Å². The van der Waals surface area contributed by atoms with E-state index in [4.69, 9.17) is 15.3 Å². The number of imidazole rings is 1. The van der Waals surface area contributed by atoms with E-state index in [1.54, 1.807) is 0 Å². The van der Waals surface area contributed by atoms with Gasteiger partial charge in [-0.1, -0.05) is 6.92 Å². The highest BCUT2D eigenvalue weighted by atomic mass is 16.6. The van der Waals surface area contributed by atoms with Crippen LogP contribution < -0.4 is 11.3 Å². The molecule has 3 N–H and O–H groups in total. The number of nitrogens with zero attached hydrogens (tertiary/aromatic N) is 2. The molecule has 1 aliphatic rings. The average Bonchev–Trinajstić information content (AvgIpc) is 2.85. The quantitative estimate of drug-likeness (QED) is 0.555. The smallest absolute Gasteiger partial charge is 0.110 e. The molecule has 1 fully saturated rings. The monoisotopic (exact) mass is 254 g/mol. The minimum Gasteiger partial charge on any atom is -0.376 e. The number of nitrogens with one attached hydrogen (secondary N) is 1. The molecule has 18 heavy (non-hydrogen) atoms. The van der Waals surface area contributed by atoms with Crippen LogP contribution in [0.2, 0.25) is 0 Å². The van der Waals surface area contributed by atoms with Gasteiger partial charge in [-0.25, -0.2) is 4.98 Å². The minimum absolute atomic E-state index is 0.00414. The van der Waals surface area contributed by atoms with Crippen LogP contribution in [-0.4, -0.2) is 41.5 Å². The van der Waals surface area contributed by atoms with E-state index >= 15 is 0 Å². The lowest BCUT2D eigenvalue weighted by Crippen LogP contribution is -2.50. The van der Waals surface area contributed by atoms with Gasteiger partial charge in [0.05, 0.1) is 32.0 Å². The predicted molar refractivity (Wildman–Crippen MR) is 67.9 cm³/mol. The predicted octanol–water partition coefficient (Wildman–Crippen LogP) is 0.0829. The summed E-state index contributed by atoms with van der Waals surface area (Å²) in [5.74, 6) is 6.66. The van der Waals surface area contributed by atoms with Crippen molar-refractivity contribution in [2.75, 3.05) is 19.8 Å². The van der Waals surface area contributed by atoms with Gasteiger partial charge in [0.25, 0.3) is 0 Å². The van der Waals surface area contributed by atoms with Gasteiger partial charge in [-0.05, 0) is 6.42 Å². The van der Waals surface area contributed by atoms with Crippen LogP contribution in [0.5, 0.6) is 0 Å². The van der Waals surface area contributed by atoms with Gasteiger partial charge in [-0.3, -0.25) is 11.3 Å². The van der Waals surface area contributed by atoms with Crippen molar-refractivity contribution in [3.8, 4) is 0 Å². The molecule has 0 bridgehead atoms. The lowest BCUT2D eigenvalue weighted by atomic mass is 10.1. The van der Waals surface area contributed by atoms with Gasteiger partial charge >= 0.3 is 0 Å². The van der Waals surface area contributed by atoms with Gasteiger partial charge in [0.2, 0.25) is 0 Å². The Hall–Kier alpha value is -0.950. The fourth-order valence-electron chi connectivity index (χ4n) is 2.21. The summed E-state index contributed by atoms with van der Waals surface area (Å²) in [6, 6.07) is 0.0308. The molecule has 2 unspecified atom stereocenters. The van der Waals surface area contributed by atoms with Gasteiger partial charge in [0.15, 0.2) is 0 Å². The Morgan fingerprint density at radius 3 is 3.17 bits per heavy atom. The lowest BCUT2D eigenvalue weighted by molar-refractivity contribution is -0.101. The standard InChI is InChI=1S/C12H22N4O2/c1-2-4-16-5-3-14-12(16)8-10(15-13)11-9-17-6-7-18-11/h3,5,10-11,15H,2,4,6-9,13H2,1H3. The van der Waals surface area contributed by atoms with Crippen molar-refractivity contribution in [3.05, 3.63) is 18.2 Å². The Bertz CT molecular complexity index is 350. The molecular formula is C12H22N4O2. The van der Waals surface area contributed by atoms with E-state index in [9.17, 15) is 0 Å². The second-order valence-electron chi connectivity index (χ2n) is 4.50. The molecule has 0 spiro atoms. The molecule has 1 aromatic rings. The normalized spacial score (nSPS) is 22.0. The van der Waals surface area contributed by atoms with Crippen molar-refractivity contribution in [3.63, 3.8) is 0 Å². The SMILES string of the molecule is CCCn1ccnc1CC(NN)C1COCCO1. The van der Waals surface area contributed by atoms with Crippen LogP contribution in [0, 0.1) is 0 Å². The van der Waals surface area contributed by atoms with E-state index in [1.807, 2.05) is 12.4 Å². The molecule has 2 rings (SSSR count). The van der Waals surface area contributed by atoms with Crippen LogP contribution in [0.1, 0.15) is 19.2 Å². The Morgan fingerprint density at radius 1 is 1.61 bits per heavy atom. The maximum atomic E-state index is 5.68. The summed E-state index contributed by atoms with van der Waals surface area (Å²) in [4.78, 5) is 4.39. The summed E-state index contributed by atoms with van der Waals surface area (Å²) in [6.07, 6.45) is 5.67. The van der Waals surface area contributed by atoms with Crippen molar-refractivity contribution < 1.29 is 9.47 Å². The number of nitrogens with two attached hydrogens (primary N) is 1. The van der Waals surface area contributed by atoms with Crippen molar-refractivity contribution in [1.82, 2.24) is 15.0 Å². The molecule has 0 aliphatic carbocycles. The first-order valence-electron chi connectivity index (χ1n) is 6.50. The van der Waals surface area contributed by atoms with Crippen molar-refractivity contribution in [1.29, 1.82) is 0 Å². The van der Waals surface area contributed by atoms with Crippen molar-refractivity contribution >= 4 is 0 Å². The van der Waals surface area contributed by atoms with Crippen LogP contribution in [0.3, 0.4) is 0 Å².